The van der Waals surface area contributed by atoms with Crippen molar-refractivity contribution in [2.24, 2.45) is 0 Å². The Morgan fingerprint density at radius 3 is 2.48 bits per heavy atom. The van der Waals surface area contributed by atoms with Crippen LogP contribution in [0.3, 0.4) is 0 Å². The Balaban J connectivity index is 1.40. The van der Waals surface area contributed by atoms with Crippen molar-refractivity contribution in [1.82, 2.24) is 10.6 Å². The molecule has 4 rings (SSSR count). The zero-order valence-corrected chi connectivity index (χ0v) is 16.4. The van der Waals surface area contributed by atoms with Crippen LogP contribution in [0.2, 0.25) is 0 Å². The second-order valence-electron chi connectivity index (χ2n) is 7.90. The van der Waals surface area contributed by atoms with E-state index < -0.39 is 0 Å². The van der Waals surface area contributed by atoms with Gasteiger partial charge >= 0.3 is 0 Å². The number of nitrogens with one attached hydrogen (secondary N) is 2. The first-order valence-corrected chi connectivity index (χ1v) is 10.4. The molecular weight excluding hydrogens is 367 g/mol. The molecule has 1 amide bonds. The standard InChI is InChI=1S/C24H27FN2O2/c25-20-12-10-19(11-13-20)24(29)26-14-21-23(22(15-28)27-21)18-8-6-17(7-9-18)16-4-2-1-3-5-16/h4,6-13,21-23,27-28H,1-3,5,14-15H2,(H,26,29)/t21-,22-,23-/m0/s1. The number of benzene rings is 2. The molecule has 2 aromatic carbocycles. The van der Waals surface area contributed by atoms with E-state index in [4.69, 9.17) is 0 Å². The summed E-state index contributed by atoms with van der Waals surface area (Å²) >= 11 is 0. The van der Waals surface area contributed by atoms with Gasteiger partial charge in [-0.3, -0.25) is 4.79 Å². The van der Waals surface area contributed by atoms with Crippen molar-refractivity contribution in [1.29, 1.82) is 0 Å². The van der Waals surface area contributed by atoms with Crippen molar-refractivity contribution in [3.63, 3.8) is 0 Å². The van der Waals surface area contributed by atoms with Gasteiger partial charge in [-0.2, -0.15) is 0 Å². The van der Waals surface area contributed by atoms with Gasteiger partial charge in [0.1, 0.15) is 5.82 Å². The van der Waals surface area contributed by atoms with Gasteiger partial charge in [0, 0.05) is 30.1 Å². The van der Waals surface area contributed by atoms with Gasteiger partial charge in [-0.1, -0.05) is 30.3 Å². The number of carbonyl (C=O) groups is 1. The lowest BCUT2D eigenvalue weighted by atomic mass is 9.77. The minimum absolute atomic E-state index is 0.0116. The predicted octanol–water partition coefficient (Wildman–Crippen LogP) is 3.63. The minimum Gasteiger partial charge on any atom is -0.395 e. The van der Waals surface area contributed by atoms with Gasteiger partial charge in [0.25, 0.3) is 5.91 Å². The third-order valence-corrected chi connectivity index (χ3v) is 6.04. The first-order valence-electron chi connectivity index (χ1n) is 10.4. The molecule has 1 aliphatic heterocycles. The van der Waals surface area contributed by atoms with Crippen LogP contribution in [0.4, 0.5) is 4.39 Å². The Labute approximate surface area is 170 Å². The molecule has 1 aliphatic carbocycles. The molecule has 0 unspecified atom stereocenters. The van der Waals surface area contributed by atoms with E-state index in [0.717, 1.165) is 12.8 Å². The van der Waals surface area contributed by atoms with Crippen molar-refractivity contribution in [3.8, 4) is 0 Å². The molecule has 4 nitrogen and oxygen atoms in total. The van der Waals surface area contributed by atoms with E-state index in [1.807, 2.05) is 0 Å². The first-order chi connectivity index (χ1) is 14.2. The zero-order chi connectivity index (χ0) is 20.2. The van der Waals surface area contributed by atoms with Crippen LogP contribution in [0.25, 0.3) is 5.57 Å². The number of aliphatic hydroxyl groups excluding tert-OH is 1. The third kappa shape index (κ3) is 4.41. The molecule has 2 aromatic rings. The average Bonchev–Trinajstić information content (AvgIpc) is 2.74. The number of aliphatic hydroxyl groups is 1. The molecular formula is C24H27FN2O2. The largest absolute Gasteiger partial charge is 0.395 e. The number of hydrogen-bond acceptors (Lipinski definition) is 3. The normalized spacial score (nSPS) is 23.8. The van der Waals surface area contributed by atoms with Crippen LogP contribution in [0.1, 0.15) is 53.1 Å². The fraction of sp³-hybridized carbons (Fsp3) is 0.375. The van der Waals surface area contributed by atoms with Gasteiger partial charge < -0.3 is 15.7 Å². The van der Waals surface area contributed by atoms with Gasteiger partial charge in [0.2, 0.25) is 0 Å². The van der Waals surface area contributed by atoms with Crippen molar-refractivity contribution in [2.75, 3.05) is 13.2 Å². The summed E-state index contributed by atoms with van der Waals surface area (Å²) in [6.45, 7) is 0.504. The molecule has 1 saturated heterocycles. The monoisotopic (exact) mass is 394 g/mol. The molecule has 0 bridgehead atoms. The van der Waals surface area contributed by atoms with Crippen LogP contribution >= 0.6 is 0 Å². The Kier molecular flexibility index (Phi) is 6.07. The molecule has 0 saturated carbocycles. The molecule has 0 spiro atoms. The van der Waals surface area contributed by atoms with E-state index in [9.17, 15) is 14.3 Å². The van der Waals surface area contributed by atoms with Crippen LogP contribution in [0, 0.1) is 5.82 Å². The SMILES string of the molecule is O=C(NC[C@@H]1N[C@@H](CO)[C@H]1c1ccc(C2=CCCCC2)cc1)c1ccc(F)cc1. The highest BCUT2D eigenvalue weighted by Crippen LogP contribution is 2.34. The lowest BCUT2D eigenvalue weighted by Gasteiger charge is -2.46. The van der Waals surface area contributed by atoms with Crippen LogP contribution in [0.15, 0.2) is 54.6 Å². The number of carbonyl (C=O) groups excluding carboxylic acids is 1. The zero-order valence-electron chi connectivity index (χ0n) is 16.4. The lowest BCUT2D eigenvalue weighted by molar-refractivity contribution is 0.0910. The molecule has 5 heteroatoms. The number of rotatable bonds is 6. The van der Waals surface area contributed by atoms with Gasteiger partial charge in [0.05, 0.1) is 6.61 Å². The van der Waals surface area contributed by atoms with Crippen molar-refractivity contribution in [3.05, 3.63) is 77.1 Å². The van der Waals surface area contributed by atoms with E-state index in [-0.39, 0.29) is 36.3 Å². The van der Waals surface area contributed by atoms with Crippen LogP contribution < -0.4 is 10.6 Å². The van der Waals surface area contributed by atoms with Gasteiger partial charge in [-0.15, -0.1) is 0 Å². The van der Waals surface area contributed by atoms with Crippen molar-refractivity contribution >= 4 is 11.5 Å². The first kappa shape index (κ1) is 19.8. The molecule has 1 heterocycles. The summed E-state index contributed by atoms with van der Waals surface area (Å²) in [6, 6.07) is 14.2. The van der Waals surface area contributed by atoms with E-state index >= 15 is 0 Å². The van der Waals surface area contributed by atoms with E-state index in [1.54, 1.807) is 0 Å². The second kappa shape index (κ2) is 8.89. The summed E-state index contributed by atoms with van der Waals surface area (Å²) in [4.78, 5) is 12.3. The van der Waals surface area contributed by atoms with Crippen LogP contribution in [-0.4, -0.2) is 36.2 Å². The maximum atomic E-state index is 13.0. The molecule has 3 N–H and O–H groups in total. The van der Waals surface area contributed by atoms with E-state index in [0.29, 0.717) is 12.1 Å². The molecule has 152 valence electrons. The van der Waals surface area contributed by atoms with Gasteiger partial charge in [0.15, 0.2) is 0 Å². The summed E-state index contributed by atoms with van der Waals surface area (Å²) in [5.74, 6) is -0.444. The fourth-order valence-electron chi connectivity index (χ4n) is 4.39. The molecule has 0 aromatic heterocycles. The Hall–Kier alpha value is -2.50. The maximum Gasteiger partial charge on any atom is 0.251 e. The Morgan fingerprint density at radius 2 is 1.83 bits per heavy atom. The average molecular weight is 394 g/mol. The summed E-state index contributed by atoms with van der Waals surface area (Å²) in [7, 11) is 0. The molecule has 3 atom stereocenters. The number of hydrogen-bond donors (Lipinski definition) is 3. The highest BCUT2D eigenvalue weighted by molar-refractivity contribution is 5.94. The van der Waals surface area contributed by atoms with Crippen LogP contribution in [-0.2, 0) is 0 Å². The van der Waals surface area contributed by atoms with Crippen molar-refractivity contribution in [2.45, 2.75) is 43.7 Å². The molecule has 0 radical (unpaired) electrons. The Bertz CT molecular complexity index is 877. The van der Waals surface area contributed by atoms with Gasteiger partial charge in [-0.25, -0.2) is 4.39 Å². The number of amides is 1. The maximum absolute atomic E-state index is 13.0. The summed E-state index contributed by atoms with van der Waals surface area (Å²) in [5.41, 5.74) is 4.31. The Morgan fingerprint density at radius 1 is 1.07 bits per heavy atom. The van der Waals surface area contributed by atoms with Gasteiger partial charge in [-0.05, 0) is 66.6 Å². The summed E-state index contributed by atoms with van der Waals surface area (Å²) in [6.07, 6.45) is 7.17. The number of allylic oxidation sites excluding steroid dienone is 2. The highest BCUT2D eigenvalue weighted by Gasteiger charge is 2.40. The quantitative estimate of drug-likeness (QED) is 0.701. The fourth-order valence-corrected chi connectivity index (χ4v) is 4.39. The van der Waals surface area contributed by atoms with Crippen molar-refractivity contribution < 1.29 is 14.3 Å². The summed E-state index contributed by atoms with van der Waals surface area (Å²) < 4.78 is 13.0. The molecule has 1 fully saturated rings. The molecule has 2 aliphatic rings. The highest BCUT2D eigenvalue weighted by atomic mass is 19.1. The van der Waals surface area contributed by atoms with E-state index in [1.165, 1.54) is 53.8 Å². The predicted molar refractivity (Wildman–Crippen MR) is 112 cm³/mol. The van der Waals surface area contributed by atoms with Crippen LogP contribution in [0.5, 0.6) is 0 Å². The second-order valence-corrected chi connectivity index (χ2v) is 7.90. The lowest BCUT2D eigenvalue weighted by Crippen LogP contribution is -2.64. The third-order valence-electron chi connectivity index (χ3n) is 6.04. The minimum atomic E-state index is -0.361. The smallest absolute Gasteiger partial charge is 0.251 e. The molecule has 29 heavy (non-hydrogen) atoms. The topological polar surface area (TPSA) is 61.4 Å². The summed E-state index contributed by atoms with van der Waals surface area (Å²) in [5, 5.41) is 15.9. The number of halogens is 1. The van der Waals surface area contributed by atoms with E-state index in [2.05, 4.69) is 41.0 Å².